The number of carbonyl (C=O) groups excluding carboxylic acids is 1. The van der Waals surface area contributed by atoms with E-state index in [1.807, 2.05) is 0 Å². The molecule has 0 aliphatic heterocycles. The van der Waals surface area contributed by atoms with E-state index < -0.39 is 10.0 Å². The fourth-order valence-corrected chi connectivity index (χ4v) is 2.91. The van der Waals surface area contributed by atoms with Gasteiger partial charge in [-0.05, 0) is 30.7 Å². The van der Waals surface area contributed by atoms with Gasteiger partial charge in [-0.15, -0.1) is 0 Å². The van der Waals surface area contributed by atoms with E-state index >= 15 is 0 Å². The average molecular weight is 335 g/mol. The van der Waals surface area contributed by atoms with Crippen molar-refractivity contribution in [1.82, 2.24) is 9.62 Å². The van der Waals surface area contributed by atoms with Gasteiger partial charge in [0.1, 0.15) is 0 Å². The first kappa shape index (κ1) is 18.9. The topological polar surface area (TPSA) is 90.3 Å². The number of hydrogen-bond acceptors (Lipinski definition) is 4. The highest BCUT2D eigenvalue weighted by Crippen LogP contribution is 2.11. The standard InChI is InChI=1S/C16H21N3O3S/c1-4-18-23(21,22)15-8-5-14(6-9-15)7-10-16(20)19(3)12-13(2)11-17/h5-10,13,18H,4,12H2,1-3H3/b10-7-/t13-/m0/s1. The molecule has 124 valence electrons. The van der Waals surface area contributed by atoms with E-state index in [1.54, 1.807) is 39.1 Å². The fraction of sp³-hybridized carbons (Fsp3) is 0.375. The molecule has 1 atom stereocenters. The first-order valence-electron chi connectivity index (χ1n) is 7.22. The fourth-order valence-electron chi connectivity index (χ4n) is 1.87. The normalized spacial score (nSPS) is 12.8. The van der Waals surface area contributed by atoms with Crippen LogP contribution in [0.4, 0.5) is 0 Å². The van der Waals surface area contributed by atoms with Crippen molar-refractivity contribution in [2.24, 2.45) is 5.92 Å². The van der Waals surface area contributed by atoms with Gasteiger partial charge in [-0.25, -0.2) is 13.1 Å². The molecule has 0 saturated heterocycles. The van der Waals surface area contributed by atoms with Crippen LogP contribution in [-0.4, -0.2) is 39.4 Å². The molecule has 0 radical (unpaired) electrons. The summed E-state index contributed by atoms with van der Waals surface area (Å²) in [5.74, 6) is -0.440. The molecule has 7 heteroatoms. The van der Waals surface area contributed by atoms with Crippen molar-refractivity contribution in [1.29, 1.82) is 5.26 Å². The highest BCUT2D eigenvalue weighted by molar-refractivity contribution is 7.89. The van der Waals surface area contributed by atoms with E-state index in [0.717, 1.165) is 5.56 Å². The van der Waals surface area contributed by atoms with Crippen molar-refractivity contribution in [2.45, 2.75) is 18.7 Å². The van der Waals surface area contributed by atoms with E-state index in [2.05, 4.69) is 10.8 Å². The van der Waals surface area contributed by atoms with Crippen molar-refractivity contribution >= 4 is 22.0 Å². The number of rotatable bonds is 7. The van der Waals surface area contributed by atoms with Gasteiger partial charge in [0.15, 0.2) is 0 Å². The molecule has 0 aliphatic rings. The van der Waals surface area contributed by atoms with Crippen LogP contribution in [0.15, 0.2) is 35.2 Å². The number of nitriles is 1. The molecule has 0 unspecified atom stereocenters. The SMILES string of the molecule is CCNS(=O)(=O)c1ccc(/C=C\C(=O)N(C)C[C@@H](C)C#N)cc1. The van der Waals surface area contributed by atoms with Crippen LogP contribution in [0.25, 0.3) is 6.08 Å². The van der Waals surface area contributed by atoms with Gasteiger partial charge >= 0.3 is 0 Å². The van der Waals surface area contributed by atoms with Gasteiger partial charge in [-0.3, -0.25) is 4.79 Å². The summed E-state index contributed by atoms with van der Waals surface area (Å²) in [5.41, 5.74) is 0.718. The zero-order valence-corrected chi connectivity index (χ0v) is 14.3. The second kappa shape index (κ2) is 8.46. The molecule has 0 heterocycles. The number of hydrogen-bond donors (Lipinski definition) is 1. The van der Waals surface area contributed by atoms with Crippen molar-refractivity contribution in [3.63, 3.8) is 0 Å². The first-order valence-corrected chi connectivity index (χ1v) is 8.71. The number of amides is 1. The molecule has 1 rings (SSSR count). The van der Waals surface area contributed by atoms with Crippen LogP contribution >= 0.6 is 0 Å². The minimum Gasteiger partial charge on any atom is -0.341 e. The maximum atomic E-state index is 11.9. The predicted molar refractivity (Wildman–Crippen MR) is 88.8 cm³/mol. The Morgan fingerprint density at radius 3 is 2.52 bits per heavy atom. The Balaban J connectivity index is 2.75. The zero-order chi connectivity index (χ0) is 17.5. The third-order valence-electron chi connectivity index (χ3n) is 3.09. The summed E-state index contributed by atoms with van der Waals surface area (Å²) in [6.45, 7) is 4.15. The molecule has 0 saturated carbocycles. The Bertz CT molecular complexity index is 703. The molecule has 1 N–H and O–H groups in total. The molecule has 1 amide bonds. The maximum Gasteiger partial charge on any atom is 0.246 e. The highest BCUT2D eigenvalue weighted by atomic mass is 32.2. The summed E-state index contributed by atoms with van der Waals surface area (Å²) in [5, 5.41) is 8.74. The molecule has 0 aromatic heterocycles. The van der Waals surface area contributed by atoms with E-state index in [0.29, 0.717) is 13.1 Å². The Labute approximate surface area is 137 Å². The predicted octanol–water partition coefficient (Wildman–Crippen LogP) is 1.62. The van der Waals surface area contributed by atoms with Crippen LogP contribution in [0, 0.1) is 17.2 Å². The van der Waals surface area contributed by atoms with Crippen LogP contribution in [0.3, 0.4) is 0 Å². The molecule has 6 nitrogen and oxygen atoms in total. The summed E-state index contributed by atoms with van der Waals surface area (Å²) < 4.78 is 26.0. The second-order valence-corrected chi connectivity index (χ2v) is 6.92. The lowest BCUT2D eigenvalue weighted by atomic mass is 10.2. The lowest BCUT2D eigenvalue weighted by molar-refractivity contribution is -0.125. The van der Waals surface area contributed by atoms with Crippen LogP contribution < -0.4 is 4.72 Å². The quantitative estimate of drug-likeness (QED) is 0.767. The van der Waals surface area contributed by atoms with Gasteiger partial charge in [0.05, 0.1) is 16.9 Å². The monoisotopic (exact) mass is 335 g/mol. The number of likely N-dealkylation sites (N-methyl/N-ethyl adjacent to an activating group) is 1. The number of nitrogens with zero attached hydrogens (tertiary/aromatic N) is 2. The van der Waals surface area contributed by atoms with Crippen molar-refractivity contribution in [3.05, 3.63) is 35.9 Å². The van der Waals surface area contributed by atoms with Gasteiger partial charge in [-0.2, -0.15) is 5.26 Å². The van der Waals surface area contributed by atoms with Crippen LogP contribution in [0.2, 0.25) is 0 Å². The number of benzene rings is 1. The maximum absolute atomic E-state index is 11.9. The van der Waals surface area contributed by atoms with Gasteiger partial charge in [0, 0.05) is 26.2 Å². The third-order valence-corrected chi connectivity index (χ3v) is 4.65. The second-order valence-electron chi connectivity index (χ2n) is 5.15. The molecule has 1 aromatic rings. The molecule has 23 heavy (non-hydrogen) atoms. The Morgan fingerprint density at radius 1 is 1.39 bits per heavy atom. The summed E-state index contributed by atoms with van der Waals surface area (Å²) in [6, 6.07) is 8.32. The first-order chi connectivity index (χ1) is 10.8. The largest absolute Gasteiger partial charge is 0.341 e. The Kier molecular flexibility index (Phi) is 6.94. The average Bonchev–Trinajstić information content (AvgIpc) is 2.52. The summed E-state index contributed by atoms with van der Waals surface area (Å²) in [4.78, 5) is 13.6. The van der Waals surface area contributed by atoms with Gasteiger partial charge in [-0.1, -0.05) is 19.1 Å². The summed E-state index contributed by atoms with van der Waals surface area (Å²) >= 11 is 0. The minimum atomic E-state index is -3.47. The van der Waals surface area contributed by atoms with Crippen molar-refractivity contribution in [3.8, 4) is 6.07 Å². The van der Waals surface area contributed by atoms with E-state index in [-0.39, 0.29) is 16.7 Å². The van der Waals surface area contributed by atoms with Crippen LogP contribution in [-0.2, 0) is 14.8 Å². The smallest absolute Gasteiger partial charge is 0.246 e. The minimum absolute atomic E-state index is 0.183. The molecule has 0 bridgehead atoms. The molecule has 0 fully saturated rings. The van der Waals surface area contributed by atoms with Gasteiger partial charge in [0.2, 0.25) is 15.9 Å². The molecular formula is C16H21N3O3S. The highest BCUT2D eigenvalue weighted by Gasteiger charge is 2.12. The molecular weight excluding hydrogens is 314 g/mol. The van der Waals surface area contributed by atoms with E-state index in [4.69, 9.17) is 5.26 Å². The summed E-state index contributed by atoms with van der Waals surface area (Å²) in [7, 11) is -1.84. The molecule has 0 spiro atoms. The number of sulfonamides is 1. The van der Waals surface area contributed by atoms with E-state index in [9.17, 15) is 13.2 Å². The van der Waals surface area contributed by atoms with Crippen LogP contribution in [0.1, 0.15) is 19.4 Å². The number of carbonyl (C=O) groups is 1. The lowest BCUT2D eigenvalue weighted by Crippen LogP contribution is -2.29. The Hall–Kier alpha value is -2.17. The third kappa shape index (κ3) is 5.85. The van der Waals surface area contributed by atoms with Crippen LogP contribution in [0.5, 0.6) is 0 Å². The van der Waals surface area contributed by atoms with E-state index in [1.165, 1.54) is 23.1 Å². The number of nitrogens with one attached hydrogen (secondary N) is 1. The summed E-state index contributed by atoms with van der Waals surface area (Å²) in [6.07, 6.45) is 3.01. The van der Waals surface area contributed by atoms with Crippen molar-refractivity contribution in [2.75, 3.05) is 20.1 Å². The van der Waals surface area contributed by atoms with Gasteiger partial charge < -0.3 is 4.90 Å². The Morgan fingerprint density at radius 2 is 2.00 bits per heavy atom. The zero-order valence-electron chi connectivity index (χ0n) is 13.5. The molecule has 0 aliphatic carbocycles. The van der Waals surface area contributed by atoms with Gasteiger partial charge in [0.25, 0.3) is 0 Å². The molecule has 1 aromatic carbocycles. The lowest BCUT2D eigenvalue weighted by Gasteiger charge is -2.15. The van der Waals surface area contributed by atoms with Crippen molar-refractivity contribution < 1.29 is 13.2 Å².